The third-order valence-electron chi connectivity index (χ3n) is 7.40. The van der Waals surface area contributed by atoms with Gasteiger partial charge in [-0.3, -0.25) is 14.7 Å². The highest BCUT2D eigenvalue weighted by molar-refractivity contribution is 6.08. The number of ether oxygens (including phenoxy) is 2. The van der Waals surface area contributed by atoms with Crippen molar-refractivity contribution < 1.29 is 19.4 Å². The van der Waals surface area contributed by atoms with E-state index >= 15 is 0 Å². The number of nitrogens with two attached hydrogens (primary N) is 1. The van der Waals surface area contributed by atoms with E-state index < -0.39 is 12.0 Å². The molecule has 0 aliphatic rings. The summed E-state index contributed by atoms with van der Waals surface area (Å²) >= 11 is 0. The van der Waals surface area contributed by atoms with E-state index in [2.05, 4.69) is 28.2 Å². The number of aliphatic hydroxyl groups is 1. The highest BCUT2D eigenvalue weighted by Crippen LogP contribution is 2.38. The summed E-state index contributed by atoms with van der Waals surface area (Å²) in [5.74, 6) is 0.593. The highest BCUT2D eigenvalue weighted by Gasteiger charge is 2.22. The number of likely N-dealkylation sites (N-methyl/N-ethyl adjacent to an activating group) is 1. The van der Waals surface area contributed by atoms with Gasteiger partial charge >= 0.3 is 0 Å². The van der Waals surface area contributed by atoms with Crippen LogP contribution in [0.1, 0.15) is 60.8 Å². The van der Waals surface area contributed by atoms with E-state index in [4.69, 9.17) is 15.2 Å². The summed E-state index contributed by atoms with van der Waals surface area (Å²) in [6, 6.07) is 19.4. The molecule has 0 fully saturated rings. The molecule has 1 amide bonds. The first-order valence-corrected chi connectivity index (χ1v) is 14.1. The number of carbonyl (C=O) groups is 1. The van der Waals surface area contributed by atoms with Crippen LogP contribution in [0.25, 0.3) is 10.9 Å². The van der Waals surface area contributed by atoms with E-state index in [1.54, 1.807) is 0 Å². The van der Waals surface area contributed by atoms with Crippen molar-refractivity contribution in [1.29, 1.82) is 0 Å². The topological polar surface area (TPSA) is 110 Å². The van der Waals surface area contributed by atoms with Crippen LogP contribution in [0.15, 0.2) is 66.9 Å². The Morgan fingerprint density at radius 3 is 2.34 bits per heavy atom. The second-order valence-electron chi connectivity index (χ2n) is 10.0. The minimum atomic E-state index is -0.616. The number of nitrogens with one attached hydrogen (secondary N) is 1. The Balaban J connectivity index is 1.72. The lowest BCUT2D eigenvalue weighted by Gasteiger charge is -2.30. The van der Waals surface area contributed by atoms with E-state index in [9.17, 15) is 9.90 Å². The first-order valence-electron chi connectivity index (χ1n) is 14.1. The van der Waals surface area contributed by atoms with Crippen LogP contribution in [0, 0.1) is 0 Å². The van der Waals surface area contributed by atoms with Crippen molar-refractivity contribution in [3.8, 4) is 11.5 Å². The molecule has 0 aliphatic carbocycles. The van der Waals surface area contributed by atoms with E-state index in [-0.39, 0.29) is 11.6 Å². The zero-order valence-corrected chi connectivity index (χ0v) is 24.5. The fraction of sp³-hybridized carbons (Fsp3) is 0.333. The smallest absolute Gasteiger partial charge is 0.252 e. The minimum Gasteiger partial charge on any atom is -0.490 e. The third kappa shape index (κ3) is 6.61. The van der Waals surface area contributed by atoms with Crippen LogP contribution in [0.5, 0.6) is 11.5 Å². The third-order valence-corrected chi connectivity index (χ3v) is 7.40. The maximum atomic E-state index is 12.5. The fourth-order valence-corrected chi connectivity index (χ4v) is 5.09. The van der Waals surface area contributed by atoms with Gasteiger partial charge in [0.2, 0.25) is 0 Å². The zero-order valence-electron chi connectivity index (χ0n) is 24.5. The van der Waals surface area contributed by atoms with Gasteiger partial charge in [-0.2, -0.15) is 0 Å². The van der Waals surface area contributed by atoms with Crippen LogP contribution < -0.4 is 20.5 Å². The molecule has 4 rings (SSSR count). The Morgan fingerprint density at radius 2 is 1.71 bits per heavy atom. The average Bonchev–Trinajstić information content (AvgIpc) is 2.97. The molecular weight excluding hydrogens is 516 g/mol. The van der Waals surface area contributed by atoms with Crippen LogP contribution in [-0.2, 0) is 13.0 Å². The van der Waals surface area contributed by atoms with E-state index in [1.165, 1.54) is 6.20 Å². The molecule has 1 heterocycles. The molecule has 0 radical (unpaired) electrons. The number of carbonyl (C=O) groups excluding carboxylic acids is 1. The van der Waals surface area contributed by atoms with Crippen molar-refractivity contribution in [3.63, 3.8) is 0 Å². The number of primary amides is 1. The van der Waals surface area contributed by atoms with Crippen LogP contribution >= 0.6 is 0 Å². The monoisotopic (exact) mass is 556 g/mol. The van der Waals surface area contributed by atoms with Gasteiger partial charge in [0, 0.05) is 35.9 Å². The Bertz CT molecular complexity index is 1490. The molecular formula is C33H40N4O4. The summed E-state index contributed by atoms with van der Waals surface area (Å²) in [6.07, 6.45) is 1.64. The maximum Gasteiger partial charge on any atom is 0.252 e. The van der Waals surface area contributed by atoms with Crippen LogP contribution in [-0.4, -0.2) is 47.2 Å². The molecule has 0 unspecified atom stereocenters. The van der Waals surface area contributed by atoms with Gasteiger partial charge in [0.05, 0.1) is 36.1 Å². The van der Waals surface area contributed by atoms with Gasteiger partial charge in [-0.1, -0.05) is 49.4 Å². The van der Waals surface area contributed by atoms with Gasteiger partial charge < -0.3 is 25.6 Å². The molecule has 8 nitrogen and oxygen atoms in total. The number of rotatable bonds is 13. The lowest BCUT2D eigenvalue weighted by atomic mass is 9.99. The number of benzene rings is 3. The van der Waals surface area contributed by atoms with Gasteiger partial charge in [-0.25, -0.2) is 0 Å². The summed E-state index contributed by atoms with van der Waals surface area (Å²) in [5.41, 5.74) is 11.3. The van der Waals surface area contributed by atoms with E-state index in [0.717, 1.165) is 28.8 Å². The quantitative estimate of drug-likeness (QED) is 0.186. The molecule has 0 saturated heterocycles. The van der Waals surface area contributed by atoms with Crippen LogP contribution in [0.3, 0.4) is 0 Å². The number of aromatic nitrogens is 1. The fourth-order valence-electron chi connectivity index (χ4n) is 5.09. The van der Waals surface area contributed by atoms with Crippen molar-refractivity contribution in [2.24, 2.45) is 5.73 Å². The summed E-state index contributed by atoms with van der Waals surface area (Å²) in [6.45, 7) is 9.54. The molecule has 2 atom stereocenters. The van der Waals surface area contributed by atoms with E-state index in [0.29, 0.717) is 47.8 Å². The number of nitrogens with zero attached hydrogens (tertiary/aromatic N) is 2. The number of aliphatic hydroxyl groups excluding tert-OH is 1. The number of pyridine rings is 1. The second kappa shape index (κ2) is 13.5. The number of fused-ring (bicyclic) bond motifs is 1. The molecule has 0 aliphatic heterocycles. The van der Waals surface area contributed by atoms with Crippen molar-refractivity contribution in [2.45, 2.75) is 52.8 Å². The first kappa shape index (κ1) is 29.8. The van der Waals surface area contributed by atoms with Crippen molar-refractivity contribution >= 4 is 28.2 Å². The Hall–Kier alpha value is -4.14. The molecule has 4 N–H and O–H groups in total. The molecule has 0 spiro atoms. The van der Waals surface area contributed by atoms with Crippen molar-refractivity contribution in [3.05, 3.63) is 89.1 Å². The number of hydrogen-bond acceptors (Lipinski definition) is 7. The summed E-state index contributed by atoms with van der Waals surface area (Å²) in [5, 5.41) is 15.2. The van der Waals surface area contributed by atoms with Crippen LogP contribution in [0.2, 0.25) is 0 Å². The normalized spacial score (nSPS) is 12.8. The summed E-state index contributed by atoms with van der Waals surface area (Å²) in [7, 11) is 2.02. The van der Waals surface area contributed by atoms with E-state index in [1.807, 2.05) is 82.4 Å². The standard InChI is InChI=1S/C33H40N4O4/c1-6-24-23(20-37(5)21(4)32(38)22-13-10-9-11-14-22)15-12-16-27(24)36-31-25-17-29(40-7-2)30(41-8-3)18-28(25)35-19-26(31)33(34)39/h9-19,21,32,38H,6-8,20H2,1-5H3,(H2,34,39)(H,35,36)/t21-,32+/m1/s1. The van der Waals surface area contributed by atoms with Gasteiger partial charge in [-0.15, -0.1) is 0 Å². The summed E-state index contributed by atoms with van der Waals surface area (Å²) in [4.78, 5) is 19.2. The molecule has 216 valence electrons. The lowest BCUT2D eigenvalue weighted by molar-refractivity contribution is 0.0687. The predicted octanol–water partition coefficient (Wildman–Crippen LogP) is 5.99. The van der Waals surface area contributed by atoms with Gasteiger partial charge in [0.25, 0.3) is 5.91 Å². The molecule has 0 bridgehead atoms. The molecule has 3 aromatic carbocycles. The maximum absolute atomic E-state index is 12.5. The molecule has 8 heteroatoms. The van der Waals surface area contributed by atoms with Crippen LogP contribution in [0.4, 0.5) is 11.4 Å². The average molecular weight is 557 g/mol. The SMILES string of the molecule is CCOc1cc2ncc(C(N)=O)c(Nc3cccc(CN(C)[C@H](C)[C@H](O)c4ccccc4)c3CC)c2cc1OCC. The number of hydrogen-bond donors (Lipinski definition) is 3. The van der Waals surface area contributed by atoms with Gasteiger partial charge in [0.15, 0.2) is 11.5 Å². The number of amides is 1. The predicted molar refractivity (Wildman–Crippen MR) is 164 cm³/mol. The second-order valence-corrected chi connectivity index (χ2v) is 10.0. The van der Waals surface area contributed by atoms with Gasteiger partial charge in [0.1, 0.15) is 0 Å². The zero-order chi connectivity index (χ0) is 29.5. The van der Waals surface area contributed by atoms with Gasteiger partial charge in [-0.05, 0) is 63.1 Å². The minimum absolute atomic E-state index is 0.110. The highest BCUT2D eigenvalue weighted by atomic mass is 16.5. The lowest BCUT2D eigenvalue weighted by Crippen LogP contribution is -2.34. The molecule has 1 aromatic heterocycles. The molecule has 4 aromatic rings. The number of anilines is 2. The molecule has 41 heavy (non-hydrogen) atoms. The largest absolute Gasteiger partial charge is 0.490 e. The first-order chi connectivity index (χ1) is 19.8. The Kier molecular flexibility index (Phi) is 9.81. The van der Waals surface area contributed by atoms with Crippen molar-refractivity contribution in [2.75, 3.05) is 25.6 Å². The molecule has 0 saturated carbocycles. The Labute approximate surface area is 242 Å². The summed E-state index contributed by atoms with van der Waals surface area (Å²) < 4.78 is 11.6. The van der Waals surface area contributed by atoms with Crippen molar-refractivity contribution in [1.82, 2.24) is 9.88 Å². The Morgan fingerprint density at radius 1 is 1.02 bits per heavy atom.